The number of fused-ring (bicyclic) bond motifs is 1. The fraction of sp³-hybridized carbons (Fsp3) is 0.619. The van der Waals surface area contributed by atoms with Crippen LogP contribution in [-0.4, -0.2) is 47.1 Å². The molecule has 0 radical (unpaired) electrons. The molecule has 1 aliphatic heterocycles. The molecule has 0 aliphatic carbocycles. The maximum absolute atomic E-state index is 11.0. The van der Waals surface area contributed by atoms with E-state index in [1.165, 1.54) is 24.2 Å². The van der Waals surface area contributed by atoms with E-state index in [0.717, 1.165) is 23.0 Å². The van der Waals surface area contributed by atoms with Gasteiger partial charge in [0.1, 0.15) is 0 Å². The van der Waals surface area contributed by atoms with Crippen LogP contribution in [0.3, 0.4) is 0 Å². The summed E-state index contributed by atoms with van der Waals surface area (Å²) in [6.07, 6.45) is 3.86. The van der Waals surface area contributed by atoms with Crippen molar-refractivity contribution in [3.63, 3.8) is 0 Å². The second kappa shape index (κ2) is 14.6. The second-order valence-electron chi connectivity index (χ2n) is 6.72. The van der Waals surface area contributed by atoms with Gasteiger partial charge in [-0.1, -0.05) is 46.1 Å². The number of nitrogens with zero attached hydrogens (tertiary/aromatic N) is 1. The molecule has 2 atom stereocenters. The zero-order valence-electron chi connectivity index (χ0n) is 17.7. The molecule has 160 valence electrons. The van der Waals surface area contributed by atoms with E-state index in [0.29, 0.717) is 13.0 Å². The Morgan fingerprint density at radius 2 is 1.82 bits per heavy atom. The Morgan fingerprint density at radius 1 is 1.21 bits per heavy atom. The molecule has 1 aromatic carbocycles. The van der Waals surface area contributed by atoms with E-state index in [-0.39, 0.29) is 19.3 Å². The molecule has 1 heterocycles. The summed E-state index contributed by atoms with van der Waals surface area (Å²) in [7, 11) is 0. The van der Waals surface area contributed by atoms with Gasteiger partial charge in [-0.05, 0) is 43.9 Å². The maximum atomic E-state index is 11.0. The largest absolute Gasteiger partial charge is 0.483 e. The predicted molar refractivity (Wildman–Crippen MR) is 109 cm³/mol. The van der Waals surface area contributed by atoms with Gasteiger partial charge in [-0.3, -0.25) is 4.79 Å². The minimum atomic E-state index is -0.884. The number of benzene rings is 1. The highest BCUT2D eigenvalue weighted by molar-refractivity contribution is 5.65. The van der Waals surface area contributed by atoms with Crippen LogP contribution in [-0.2, 0) is 11.2 Å². The van der Waals surface area contributed by atoms with Gasteiger partial charge in [-0.25, -0.2) is 4.79 Å². The van der Waals surface area contributed by atoms with Crippen LogP contribution in [0.25, 0.3) is 0 Å². The predicted octanol–water partition coefficient (Wildman–Crippen LogP) is 4.88. The minimum Gasteiger partial charge on any atom is -0.483 e. The Labute approximate surface area is 168 Å². The lowest BCUT2D eigenvalue weighted by Gasteiger charge is -2.25. The van der Waals surface area contributed by atoms with E-state index >= 15 is 0 Å². The minimum absolute atomic E-state index is 0.0622. The fourth-order valence-electron chi connectivity index (χ4n) is 2.85. The van der Waals surface area contributed by atoms with Crippen molar-refractivity contribution in [1.82, 2.24) is 4.90 Å². The molecule has 28 heavy (non-hydrogen) atoms. The highest BCUT2D eigenvalue weighted by Gasteiger charge is 2.19. The normalized spacial score (nSPS) is 13.2. The lowest BCUT2D eigenvalue weighted by Crippen LogP contribution is -2.38. The molecule has 1 amide bonds. The molecule has 7 nitrogen and oxygen atoms in total. The lowest BCUT2D eigenvalue weighted by atomic mass is 10.0. The highest BCUT2D eigenvalue weighted by atomic mass is 16.7. The van der Waals surface area contributed by atoms with Crippen molar-refractivity contribution in [1.29, 1.82) is 0 Å². The van der Waals surface area contributed by atoms with E-state index in [2.05, 4.69) is 20.8 Å². The maximum Gasteiger partial charge on any atom is 0.407 e. The van der Waals surface area contributed by atoms with Crippen molar-refractivity contribution in [2.75, 3.05) is 13.3 Å². The van der Waals surface area contributed by atoms with Gasteiger partial charge in [0.05, 0.1) is 0 Å². The summed E-state index contributed by atoms with van der Waals surface area (Å²) >= 11 is 0. The molecule has 0 fully saturated rings. The topological polar surface area (TPSA) is 96.3 Å². The Hall–Kier alpha value is -2.44. The zero-order chi connectivity index (χ0) is 21.5. The first-order valence-corrected chi connectivity index (χ1v) is 9.80. The molecule has 1 aromatic rings. The third-order valence-electron chi connectivity index (χ3n) is 4.56. The Morgan fingerprint density at radius 3 is 2.29 bits per heavy atom. The van der Waals surface area contributed by atoms with Gasteiger partial charge in [-0.2, -0.15) is 0 Å². The smallest absolute Gasteiger partial charge is 0.407 e. The Bertz CT molecular complexity index is 578. The molecule has 0 spiro atoms. The van der Waals surface area contributed by atoms with Crippen molar-refractivity contribution < 1.29 is 29.3 Å². The number of ether oxygens (including phenoxy) is 2. The summed E-state index contributed by atoms with van der Waals surface area (Å²) in [4.78, 5) is 20.8. The number of amides is 1. The SMILES string of the molecule is CCCC(C)CC.CCN(C(=O)O)C(C)Cc1ccc2c(c1)OCO2.O=CO. The van der Waals surface area contributed by atoms with E-state index in [1.54, 1.807) is 0 Å². The molecule has 0 aromatic heterocycles. The van der Waals surface area contributed by atoms with E-state index in [1.807, 2.05) is 32.0 Å². The van der Waals surface area contributed by atoms with Crippen LogP contribution in [0.2, 0.25) is 0 Å². The van der Waals surface area contributed by atoms with Gasteiger partial charge in [0.25, 0.3) is 6.47 Å². The quantitative estimate of drug-likeness (QED) is 0.637. The van der Waals surface area contributed by atoms with E-state index in [4.69, 9.17) is 24.5 Å². The number of carboxylic acid groups (broad SMARTS) is 2. The van der Waals surface area contributed by atoms with Crippen molar-refractivity contribution in [3.8, 4) is 11.5 Å². The van der Waals surface area contributed by atoms with Crippen LogP contribution >= 0.6 is 0 Å². The first-order valence-electron chi connectivity index (χ1n) is 9.80. The number of likely N-dealkylation sites (N-methyl/N-ethyl adjacent to an activating group) is 1. The lowest BCUT2D eigenvalue weighted by molar-refractivity contribution is -0.122. The summed E-state index contributed by atoms with van der Waals surface area (Å²) in [5, 5.41) is 15.9. The fourth-order valence-corrected chi connectivity index (χ4v) is 2.85. The van der Waals surface area contributed by atoms with Crippen molar-refractivity contribution in [3.05, 3.63) is 23.8 Å². The van der Waals surface area contributed by atoms with Crippen molar-refractivity contribution in [2.24, 2.45) is 5.92 Å². The van der Waals surface area contributed by atoms with Crippen LogP contribution in [0.1, 0.15) is 59.4 Å². The molecular formula is C21H35NO6. The first-order chi connectivity index (χ1) is 13.3. The molecule has 2 unspecified atom stereocenters. The molecular weight excluding hydrogens is 362 g/mol. The summed E-state index contributed by atoms with van der Waals surface area (Å²) < 4.78 is 10.5. The van der Waals surface area contributed by atoms with Crippen LogP contribution in [0.4, 0.5) is 4.79 Å². The highest BCUT2D eigenvalue weighted by Crippen LogP contribution is 2.32. The molecule has 7 heteroatoms. The Balaban J connectivity index is 0.000000612. The van der Waals surface area contributed by atoms with Crippen LogP contribution < -0.4 is 9.47 Å². The molecule has 0 saturated carbocycles. The number of rotatable bonds is 7. The van der Waals surface area contributed by atoms with Crippen LogP contribution in [0.15, 0.2) is 18.2 Å². The monoisotopic (exact) mass is 397 g/mol. The standard InChI is InChI=1S/C13H17NO4.C7H16.CH2O2/c1-3-14(13(15)16)9(2)6-10-4-5-11-12(7-10)18-8-17-11;1-4-6-7(3)5-2;2-1-3/h4-5,7,9H,3,6,8H2,1-2H3,(H,15,16);7H,4-6H2,1-3H3;1H,(H,2,3). The second-order valence-corrected chi connectivity index (χ2v) is 6.72. The van der Waals surface area contributed by atoms with Gasteiger partial charge in [0, 0.05) is 12.6 Å². The first kappa shape index (κ1) is 25.6. The third-order valence-corrected chi connectivity index (χ3v) is 4.56. The van der Waals surface area contributed by atoms with Crippen molar-refractivity contribution in [2.45, 2.75) is 66.3 Å². The van der Waals surface area contributed by atoms with Gasteiger partial charge < -0.3 is 24.6 Å². The van der Waals surface area contributed by atoms with Crippen molar-refractivity contribution >= 4 is 12.6 Å². The summed E-state index contributed by atoms with van der Waals surface area (Å²) in [5.41, 5.74) is 1.05. The molecule has 2 rings (SSSR count). The summed E-state index contributed by atoms with van der Waals surface area (Å²) in [5.74, 6) is 2.43. The van der Waals surface area contributed by atoms with Gasteiger partial charge in [0.2, 0.25) is 6.79 Å². The van der Waals surface area contributed by atoms with E-state index < -0.39 is 6.09 Å². The number of hydrogen-bond donors (Lipinski definition) is 2. The third kappa shape index (κ3) is 9.48. The summed E-state index contributed by atoms with van der Waals surface area (Å²) in [6, 6.07) is 5.66. The molecule has 0 bridgehead atoms. The van der Waals surface area contributed by atoms with Crippen LogP contribution in [0, 0.1) is 5.92 Å². The van der Waals surface area contributed by atoms with Crippen LogP contribution in [0.5, 0.6) is 11.5 Å². The van der Waals surface area contributed by atoms with Gasteiger partial charge in [-0.15, -0.1) is 0 Å². The number of hydrogen-bond acceptors (Lipinski definition) is 4. The summed E-state index contributed by atoms with van der Waals surface area (Å²) in [6.45, 7) is 11.0. The zero-order valence-corrected chi connectivity index (χ0v) is 17.7. The average Bonchev–Trinajstić information content (AvgIpc) is 3.11. The Kier molecular flexibility index (Phi) is 13.3. The molecule has 0 saturated heterocycles. The van der Waals surface area contributed by atoms with Gasteiger partial charge >= 0.3 is 6.09 Å². The van der Waals surface area contributed by atoms with Gasteiger partial charge in [0.15, 0.2) is 11.5 Å². The molecule has 2 N–H and O–H groups in total. The van der Waals surface area contributed by atoms with E-state index in [9.17, 15) is 4.79 Å². The number of carbonyl (C=O) groups is 2. The average molecular weight is 398 g/mol. The molecule has 1 aliphatic rings.